The van der Waals surface area contributed by atoms with E-state index < -0.39 is 22.7 Å². The summed E-state index contributed by atoms with van der Waals surface area (Å²) >= 11 is 0. The zero-order valence-corrected chi connectivity index (χ0v) is 17.2. The van der Waals surface area contributed by atoms with Crippen LogP contribution < -0.4 is 0 Å². The summed E-state index contributed by atoms with van der Waals surface area (Å²) in [5.41, 5.74) is -0.756. The predicted molar refractivity (Wildman–Crippen MR) is 107 cm³/mol. The van der Waals surface area contributed by atoms with E-state index in [2.05, 4.69) is 6.92 Å². The van der Waals surface area contributed by atoms with E-state index in [-0.39, 0.29) is 24.8 Å². The molecule has 156 valence electrons. The van der Waals surface area contributed by atoms with Gasteiger partial charge in [-0.2, -0.15) is 0 Å². The molecule has 1 aromatic heterocycles. The molecular formula is C23H24N2O5. The number of para-hydroxylation sites is 1. The molecule has 4 aliphatic heterocycles. The largest absolute Gasteiger partial charge is 0.463 e. The maximum absolute atomic E-state index is 14.0. The van der Waals surface area contributed by atoms with Crippen LogP contribution in [0.2, 0.25) is 0 Å². The topological polar surface area (TPSA) is 77.8 Å². The number of benzene rings is 1. The molecule has 7 nitrogen and oxygen atoms in total. The number of nitrogens with zero attached hydrogens (tertiary/aromatic N) is 2. The van der Waals surface area contributed by atoms with Crippen LogP contribution in [-0.4, -0.2) is 46.0 Å². The summed E-state index contributed by atoms with van der Waals surface area (Å²) in [7, 11) is 0. The van der Waals surface area contributed by atoms with Crippen molar-refractivity contribution in [2.45, 2.75) is 57.3 Å². The minimum atomic E-state index is -1.72. The summed E-state index contributed by atoms with van der Waals surface area (Å²) in [6.07, 6.45) is 2.61. The molecule has 4 aliphatic rings. The number of fused-ring (bicyclic) bond motifs is 4. The number of hydrogen-bond acceptors (Lipinski definition) is 5. The Morgan fingerprint density at radius 1 is 1.20 bits per heavy atom. The average molecular weight is 408 g/mol. The van der Waals surface area contributed by atoms with E-state index in [9.17, 15) is 14.4 Å². The van der Waals surface area contributed by atoms with Gasteiger partial charge in [0.05, 0.1) is 17.8 Å². The molecule has 7 heteroatoms. The first kappa shape index (κ1) is 18.1. The Labute approximate surface area is 173 Å². The predicted octanol–water partition coefficient (Wildman–Crippen LogP) is 2.75. The van der Waals surface area contributed by atoms with Crippen LogP contribution >= 0.6 is 0 Å². The molecule has 0 unspecified atom stereocenters. The second-order valence-corrected chi connectivity index (χ2v) is 8.88. The lowest BCUT2D eigenvalue weighted by atomic mass is 9.63. The van der Waals surface area contributed by atoms with Gasteiger partial charge in [-0.25, -0.2) is 4.79 Å². The smallest absolute Gasteiger partial charge is 0.348 e. The normalized spacial score (nSPS) is 33.7. The van der Waals surface area contributed by atoms with Crippen LogP contribution in [0.5, 0.6) is 0 Å². The molecule has 3 atom stereocenters. The van der Waals surface area contributed by atoms with Crippen molar-refractivity contribution >= 4 is 28.7 Å². The van der Waals surface area contributed by atoms with Crippen molar-refractivity contribution in [1.82, 2.24) is 9.47 Å². The number of amides is 1. The van der Waals surface area contributed by atoms with Gasteiger partial charge >= 0.3 is 5.97 Å². The Morgan fingerprint density at radius 2 is 2.00 bits per heavy atom. The van der Waals surface area contributed by atoms with E-state index in [0.29, 0.717) is 32.2 Å². The minimum absolute atomic E-state index is 0.0236. The van der Waals surface area contributed by atoms with Crippen molar-refractivity contribution < 1.29 is 23.9 Å². The van der Waals surface area contributed by atoms with Crippen molar-refractivity contribution in [1.29, 1.82) is 0 Å². The summed E-state index contributed by atoms with van der Waals surface area (Å²) in [4.78, 5) is 42.1. The quantitative estimate of drug-likeness (QED) is 0.577. The second-order valence-electron chi connectivity index (χ2n) is 8.88. The van der Waals surface area contributed by atoms with Gasteiger partial charge in [-0.3, -0.25) is 14.2 Å². The van der Waals surface area contributed by atoms with E-state index in [0.717, 1.165) is 22.2 Å². The van der Waals surface area contributed by atoms with Crippen LogP contribution in [0.1, 0.15) is 55.6 Å². The van der Waals surface area contributed by atoms with E-state index in [1.807, 2.05) is 29.2 Å². The van der Waals surface area contributed by atoms with Crippen LogP contribution in [0, 0.1) is 5.41 Å². The average Bonchev–Trinajstić information content (AvgIpc) is 3.24. The van der Waals surface area contributed by atoms with Crippen LogP contribution in [0.4, 0.5) is 0 Å². The SMILES string of the molecule is CCOC(=O)[C@@]12C[C@]3(CC)CCC(=O)N4CCc5c(n(c6ccccc56)C1=O)[C@]43O2. The van der Waals surface area contributed by atoms with Crippen molar-refractivity contribution in [2.75, 3.05) is 13.2 Å². The third kappa shape index (κ3) is 1.69. The van der Waals surface area contributed by atoms with E-state index in [4.69, 9.17) is 9.47 Å². The zero-order chi connectivity index (χ0) is 20.9. The molecule has 1 spiro atoms. The summed E-state index contributed by atoms with van der Waals surface area (Å²) in [6.45, 7) is 4.48. The number of aromatic nitrogens is 1. The number of carbonyl (C=O) groups is 3. The summed E-state index contributed by atoms with van der Waals surface area (Å²) in [5.74, 6) is -1.01. The molecule has 0 N–H and O–H groups in total. The van der Waals surface area contributed by atoms with E-state index in [1.165, 1.54) is 0 Å². The fraction of sp³-hybridized carbons (Fsp3) is 0.522. The summed E-state index contributed by atoms with van der Waals surface area (Å²) in [5, 5.41) is 0.994. The molecular weight excluding hydrogens is 384 g/mol. The van der Waals surface area contributed by atoms with Gasteiger partial charge < -0.3 is 14.4 Å². The van der Waals surface area contributed by atoms with Crippen LogP contribution in [0.3, 0.4) is 0 Å². The Bertz CT molecular complexity index is 1150. The van der Waals surface area contributed by atoms with Crippen molar-refractivity contribution in [3.05, 3.63) is 35.5 Å². The molecule has 1 amide bonds. The Balaban J connectivity index is 1.77. The van der Waals surface area contributed by atoms with Crippen molar-refractivity contribution in [2.24, 2.45) is 5.41 Å². The van der Waals surface area contributed by atoms with Gasteiger partial charge in [-0.05, 0) is 37.8 Å². The highest BCUT2D eigenvalue weighted by molar-refractivity contribution is 6.13. The number of ether oxygens (including phenoxy) is 2. The Kier molecular flexibility index (Phi) is 3.33. The molecule has 2 saturated heterocycles. The van der Waals surface area contributed by atoms with Gasteiger partial charge in [0.15, 0.2) is 5.72 Å². The fourth-order valence-electron chi connectivity index (χ4n) is 6.60. The molecule has 1 aromatic carbocycles. The Morgan fingerprint density at radius 3 is 2.77 bits per heavy atom. The van der Waals surface area contributed by atoms with Crippen LogP contribution in [0.15, 0.2) is 24.3 Å². The van der Waals surface area contributed by atoms with Gasteiger partial charge in [0.1, 0.15) is 0 Å². The molecule has 0 saturated carbocycles. The highest BCUT2D eigenvalue weighted by Gasteiger charge is 2.79. The second kappa shape index (κ2) is 5.52. The van der Waals surface area contributed by atoms with Crippen molar-refractivity contribution in [3.8, 4) is 0 Å². The van der Waals surface area contributed by atoms with Gasteiger partial charge in [0.25, 0.3) is 5.91 Å². The maximum Gasteiger partial charge on any atom is 0.348 e. The molecule has 6 rings (SSSR count). The van der Waals surface area contributed by atoms with E-state index >= 15 is 0 Å². The first-order valence-electron chi connectivity index (χ1n) is 10.8. The number of hydrogen-bond donors (Lipinski definition) is 0. The lowest BCUT2D eigenvalue weighted by molar-refractivity contribution is -0.246. The number of piperidine rings is 1. The lowest BCUT2D eigenvalue weighted by Gasteiger charge is -2.56. The molecule has 30 heavy (non-hydrogen) atoms. The third-order valence-corrected chi connectivity index (χ3v) is 7.84. The number of carbonyl (C=O) groups excluding carboxylic acids is 3. The molecule has 2 fully saturated rings. The minimum Gasteiger partial charge on any atom is -0.463 e. The summed E-state index contributed by atoms with van der Waals surface area (Å²) < 4.78 is 13.7. The Hall–Kier alpha value is -2.67. The molecule has 2 bridgehead atoms. The van der Waals surface area contributed by atoms with Crippen molar-refractivity contribution in [3.63, 3.8) is 0 Å². The van der Waals surface area contributed by atoms with Gasteiger partial charge in [-0.15, -0.1) is 0 Å². The highest BCUT2D eigenvalue weighted by Crippen LogP contribution is 2.68. The van der Waals surface area contributed by atoms with Crippen LogP contribution in [0.25, 0.3) is 10.9 Å². The first-order chi connectivity index (χ1) is 14.5. The standard InChI is InChI=1S/C23H24N2O5/c1-3-21-11-9-17(26)24-12-10-15-14-7-5-6-8-16(14)25-18(15)23(21,24)30-22(13-21,19(25)27)20(28)29-4-2/h5-8H,3-4,9-13H2,1-2H3/t21-,22+,23+/m0/s1. The third-order valence-electron chi connectivity index (χ3n) is 7.84. The van der Waals surface area contributed by atoms with E-state index in [1.54, 1.807) is 11.5 Å². The molecule has 0 aliphatic carbocycles. The maximum atomic E-state index is 14.0. The molecule has 5 heterocycles. The molecule has 0 radical (unpaired) electrons. The zero-order valence-electron chi connectivity index (χ0n) is 17.2. The lowest BCUT2D eigenvalue weighted by Crippen LogP contribution is -2.67. The fourth-order valence-corrected chi connectivity index (χ4v) is 6.60. The van der Waals surface area contributed by atoms with Crippen LogP contribution in [-0.2, 0) is 31.2 Å². The monoisotopic (exact) mass is 408 g/mol. The summed E-state index contributed by atoms with van der Waals surface area (Å²) in [6, 6.07) is 7.78. The highest BCUT2D eigenvalue weighted by atomic mass is 16.6. The van der Waals surface area contributed by atoms with Gasteiger partial charge in [-0.1, -0.05) is 25.1 Å². The first-order valence-corrected chi connectivity index (χ1v) is 10.8. The molecule has 2 aromatic rings. The number of esters is 1. The van der Waals surface area contributed by atoms with Gasteiger partial charge in [0, 0.05) is 30.2 Å². The van der Waals surface area contributed by atoms with Gasteiger partial charge in [0.2, 0.25) is 11.5 Å². The number of rotatable bonds is 3.